The number of ether oxygens (including phenoxy) is 2. The van der Waals surface area contributed by atoms with E-state index in [4.69, 9.17) is 9.47 Å². The molecule has 0 saturated heterocycles. The quantitative estimate of drug-likeness (QED) is 0.344. The standard InChI is InChI=1S/C18H31N3O3S.HI/c1-13(15-12-14(23-6)8-9-16(15)24-7)21-17(19-5)20-10-11-25(22)18(2,3)4;/h8-9,12-13H,10-11H2,1-7H3,(H2,19,20,21);1H. The Morgan fingerprint density at radius 2 is 1.92 bits per heavy atom. The molecule has 0 bridgehead atoms. The Labute approximate surface area is 177 Å². The van der Waals surface area contributed by atoms with Crippen molar-refractivity contribution >= 4 is 40.7 Å². The van der Waals surface area contributed by atoms with Crippen molar-refractivity contribution in [2.45, 2.75) is 38.5 Å². The number of nitrogens with one attached hydrogen (secondary N) is 2. The minimum absolute atomic E-state index is 0. The minimum Gasteiger partial charge on any atom is -0.497 e. The van der Waals surface area contributed by atoms with Crippen molar-refractivity contribution in [3.05, 3.63) is 23.8 Å². The number of aliphatic imine (C=N–C) groups is 1. The fraction of sp³-hybridized carbons (Fsp3) is 0.611. The zero-order chi connectivity index (χ0) is 19.0. The topological polar surface area (TPSA) is 72.0 Å². The monoisotopic (exact) mass is 497 g/mol. The van der Waals surface area contributed by atoms with E-state index in [1.54, 1.807) is 21.3 Å². The Kier molecular flexibility index (Phi) is 11.2. The zero-order valence-electron chi connectivity index (χ0n) is 16.7. The molecule has 6 nitrogen and oxygen atoms in total. The molecule has 0 heterocycles. The van der Waals surface area contributed by atoms with E-state index in [1.807, 2.05) is 45.9 Å². The van der Waals surface area contributed by atoms with E-state index < -0.39 is 10.8 Å². The molecule has 0 spiro atoms. The van der Waals surface area contributed by atoms with Crippen LogP contribution in [0.3, 0.4) is 0 Å². The van der Waals surface area contributed by atoms with Gasteiger partial charge < -0.3 is 20.1 Å². The molecule has 26 heavy (non-hydrogen) atoms. The van der Waals surface area contributed by atoms with Crippen LogP contribution in [0.4, 0.5) is 0 Å². The number of benzene rings is 1. The van der Waals surface area contributed by atoms with Gasteiger partial charge in [-0.25, -0.2) is 0 Å². The average molecular weight is 497 g/mol. The summed E-state index contributed by atoms with van der Waals surface area (Å²) in [6.45, 7) is 8.55. The summed E-state index contributed by atoms with van der Waals surface area (Å²) in [5.74, 6) is 2.78. The van der Waals surface area contributed by atoms with Gasteiger partial charge in [-0.1, -0.05) is 0 Å². The van der Waals surface area contributed by atoms with Gasteiger partial charge in [-0.3, -0.25) is 9.20 Å². The summed E-state index contributed by atoms with van der Waals surface area (Å²) in [5, 5.41) is 6.54. The molecule has 8 heteroatoms. The largest absolute Gasteiger partial charge is 0.497 e. The lowest BCUT2D eigenvalue weighted by Crippen LogP contribution is -2.41. The van der Waals surface area contributed by atoms with E-state index in [-0.39, 0.29) is 34.8 Å². The number of hydrogen-bond acceptors (Lipinski definition) is 4. The third kappa shape index (κ3) is 7.69. The Balaban J connectivity index is 0.00000625. The van der Waals surface area contributed by atoms with Gasteiger partial charge in [0.25, 0.3) is 0 Å². The second kappa shape index (κ2) is 11.6. The van der Waals surface area contributed by atoms with Gasteiger partial charge in [0.2, 0.25) is 0 Å². The molecule has 1 aromatic carbocycles. The summed E-state index contributed by atoms with van der Waals surface area (Å²) in [4.78, 5) is 4.23. The van der Waals surface area contributed by atoms with Gasteiger partial charge >= 0.3 is 0 Å². The van der Waals surface area contributed by atoms with Crippen LogP contribution in [0.2, 0.25) is 0 Å². The molecular formula is C18H32IN3O3S. The second-order valence-electron chi connectivity index (χ2n) is 6.63. The summed E-state index contributed by atoms with van der Waals surface area (Å²) < 4.78 is 22.6. The normalized spacial score (nSPS) is 14.0. The van der Waals surface area contributed by atoms with Crippen LogP contribution < -0.4 is 20.1 Å². The average Bonchev–Trinajstić information content (AvgIpc) is 2.58. The summed E-state index contributed by atoms with van der Waals surface area (Å²) in [6.07, 6.45) is 0. The van der Waals surface area contributed by atoms with E-state index in [0.717, 1.165) is 17.1 Å². The van der Waals surface area contributed by atoms with Crippen molar-refractivity contribution in [1.82, 2.24) is 10.6 Å². The minimum atomic E-state index is -0.896. The van der Waals surface area contributed by atoms with Crippen molar-refractivity contribution in [3.63, 3.8) is 0 Å². The molecule has 0 saturated carbocycles. The lowest BCUT2D eigenvalue weighted by atomic mass is 10.1. The van der Waals surface area contributed by atoms with Gasteiger partial charge in [-0.05, 0) is 45.9 Å². The molecule has 0 fully saturated rings. The Morgan fingerprint density at radius 1 is 1.27 bits per heavy atom. The first-order valence-corrected chi connectivity index (χ1v) is 9.62. The van der Waals surface area contributed by atoms with Crippen LogP contribution in [-0.2, 0) is 10.8 Å². The van der Waals surface area contributed by atoms with E-state index in [2.05, 4.69) is 15.6 Å². The molecule has 2 N–H and O–H groups in total. The second-order valence-corrected chi connectivity index (χ2v) is 8.96. The molecule has 0 aromatic heterocycles. The highest BCUT2D eigenvalue weighted by Gasteiger charge is 2.19. The van der Waals surface area contributed by atoms with Crippen LogP contribution in [0.1, 0.15) is 39.3 Å². The van der Waals surface area contributed by atoms with Gasteiger partial charge in [-0.2, -0.15) is 0 Å². The fourth-order valence-electron chi connectivity index (χ4n) is 2.22. The number of halogens is 1. The van der Waals surface area contributed by atoms with E-state index >= 15 is 0 Å². The Hall–Kier alpha value is -1.03. The first-order valence-electron chi connectivity index (χ1n) is 8.30. The maximum atomic E-state index is 12.1. The zero-order valence-corrected chi connectivity index (χ0v) is 19.9. The van der Waals surface area contributed by atoms with Crippen LogP contribution in [0.15, 0.2) is 23.2 Å². The van der Waals surface area contributed by atoms with Crippen molar-refractivity contribution in [2.75, 3.05) is 33.6 Å². The van der Waals surface area contributed by atoms with Crippen LogP contribution in [0.5, 0.6) is 11.5 Å². The first-order chi connectivity index (χ1) is 11.7. The number of nitrogens with zero attached hydrogens (tertiary/aromatic N) is 1. The van der Waals surface area contributed by atoms with Crippen molar-refractivity contribution in [3.8, 4) is 11.5 Å². The molecule has 2 unspecified atom stereocenters. The Morgan fingerprint density at radius 3 is 2.42 bits per heavy atom. The predicted octanol–water partition coefficient (Wildman–Crippen LogP) is 3.10. The van der Waals surface area contributed by atoms with Gasteiger partial charge in [0.15, 0.2) is 5.96 Å². The summed E-state index contributed by atoms with van der Waals surface area (Å²) in [5.41, 5.74) is 0.975. The van der Waals surface area contributed by atoms with Crippen LogP contribution >= 0.6 is 24.0 Å². The number of guanidine groups is 1. The number of rotatable bonds is 7. The molecular weight excluding hydrogens is 465 g/mol. The maximum Gasteiger partial charge on any atom is 0.191 e. The molecule has 1 rings (SSSR count). The molecule has 0 radical (unpaired) electrons. The van der Waals surface area contributed by atoms with Crippen molar-refractivity contribution in [2.24, 2.45) is 4.99 Å². The number of hydrogen-bond donors (Lipinski definition) is 2. The van der Waals surface area contributed by atoms with Crippen LogP contribution in [-0.4, -0.2) is 48.5 Å². The van der Waals surface area contributed by atoms with Crippen molar-refractivity contribution in [1.29, 1.82) is 0 Å². The lowest BCUT2D eigenvalue weighted by molar-refractivity contribution is 0.394. The smallest absolute Gasteiger partial charge is 0.191 e. The third-order valence-corrected chi connectivity index (χ3v) is 5.68. The summed E-state index contributed by atoms with van der Waals surface area (Å²) >= 11 is 0. The molecule has 0 amide bonds. The number of methoxy groups -OCH3 is 2. The third-order valence-electron chi connectivity index (χ3n) is 3.74. The molecule has 0 aliphatic carbocycles. The summed E-state index contributed by atoms with van der Waals surface area (Å²) in [6, 6.07) is 5.65. The SMILES string of the molecule is CN=C(NCCS(=O)C(C)(C)C)NC(C)c1cc(OC)ccc1OC.I. The van der Waals surface area contributed by atoms with E-state index in [0.29, 0.717) is 18.3 Å². The molecule has 150 valence electrons. The van der Waals surface area contributed by atoms with Gasteiger partial charge in [0.05, 0.1) is 20.3 Å². The van der Waals surface area contributed by atoms with Crippen LogP contribution in [0, 0.1) is 0 Å². The lowest BCUT2D eigenvalue weighted by Gasteiger charge is -2.22. The summed E-state index contributed by atoms with van der Waals surface area (Å²) in [7, 11) is 4.10. The molecule has 0 aliphatic heterocycles. The van der Waals surface area contributed by atoms with Crippen LogP contribution in [0.25, 0.3) is 0 Å². The highest BCUT2D eigenvalue weighted by atomic mass is 127. The Bertz CT molecular complexity index is 618. The highest BCUT2D eigenvalue weighted by molar-refractivity contribution is 14.0. The predicted molar refractivity (Wildman–Crippen MR) is 121 cm³/mol. The first kappa shape index (κ1) is 25.0. The maximum absolute atomic E-state index is 12.1. The van der Waals surface area contributed by atoms with Gasteiger partial charge in [-0.15, -0.1) is 24.0 Å². The van der Waals surface area contributed by atoms with E-state index in [1.165, 1.54) is 0 Å². The molecule has 2 atom stereocenters. The van der Waals surface area contributed by atoms with E-state index in [9.17, 15) is 4.21 Å². The molecule has 1 aromatic rings. The molecule has 0 aliphatic rings. The highest BCUT2D eigenvalue weighted by Crippen LogP contribution is 2.29. The fourth-order valence-corrected chi connectivity index (χ4v) is 3.12. The van der Waals surface area contributed by atoms with Gasteiger partial charge in [0, 0.05) is 40.5 Å². The van der Waals surface area contributed by atoms with Crippen molar-refractivity contribution < 1.29 is 13.7 Å². The van der Waals surface area contributed by atoms with Gasteiger partial charge in [0.1, 0.15) is 11.5 Å².